The number of hydrogen-bond acceptors (Lipinski definition) is 2. The van der Waals surface area contributed by atoms with Crippen LogP contribution in [0.25, 0.3) is 0 Å². The van der Waals surface area contributed by atoms with E-state index in [2.05, 4.69) is 0 Å². The molecule has 8 heteroatoms. The van der Waals surface area contributed by atoms with E-state index in [1.807, 2.05) is 0 Å². The summed E-state index contributed by atoms with van der Waals surface area (Å²) < 4.78 is 52.8. The fraction of sp³-hybridized carbons (Fsp3) is 0.385. The Morgan fingerprint density at radius 2 is 1.81 bits per heavy atom. The number of amides is 1. The normalized spacial score (nSPS) is 21.7. The summed E-state index contributed by atoms with van der Waals surface area (Å²) in [6.45, 7) is 1.26. The fourth-order valence-corrected chi connectivity index (χ4v) is 2.39. The van der Waals surface area contributed by atoms with Crippen molar-refractivity contribution in [2.24, 2.45) is 0 Å². The van der Waals surface area contributed by atoms with Gasteiger partial charge in [0, 0.05) is 6.54 Å². The highest BCUT2D eigenvalue weighted by Crippen LogP contribution is 2.32. The van der Waals surface area contributed by atoms with E-state index in [0.29, 0.717) is 6.42 Å². The zero-order valence-corrected chi connectivity index (χ0v) is 10.9. The lowest BCUT2D eigenvalue weighted by atomic mass is 9.98. The number of nitrogens with zero attached hydrogens (tertiary/aromatic N) is 1. The molecule has 114 valence electrons. The van der Waals surface area contributed by atoms with E-state index in [1.165, 1.54) is 6.92 Å². The first-order valence-electron chi connectivity index (χ1n) is 6.08. The molecule has 0 aliphatic carbocycles. The Bertz CT molecular complexity index is 634. The number of carboxylic acids is 1. The minimum atomic E-state index is -2.10. The molecule has 1 amide bonds. The van der Waals surface area contributed by atoms with Crippen LogP contribution < -0.4 is 0 Å². The largest absolute Gasteiger partial charge is 0.480 e. The minimum Gasteiger partial charge on any atom is -0.480 e. The quantitative estimate of drug-likeness (QED) is 0.518. The first-order chi connectivity index (χ1) is 9.70. The Hall–Kier alpha value is -2.12. The van der Waals surface area contributed by atoms with Crippen LogP contribution in [0.5, 0.6) is 0 Å². The highest BCUT2D eigenvalue weighted by atomic mass is 19.2. The van der Waals surface area contributed by atoms with Gasteiger partial charge in [0.05, 0.1) is 5.56 Å². The molecule has 2 rings (SSSR count). The number of aliphatic carboxylic acids is 1. The Balaban J connectivity index is 2.48. The molecule has 21 heavy (non-hydrogen) atoms. The molecule has 1 fully saturated rings. The van der Waals surface area contributed by atoms with Gasteiger partial charge in [-0.15, -0.1) is 0 Å². The van der Waals surface area contributed by atoms with Gasteiger partial charge in [-0.2, -0.15) is 0 Å². The lowest BCUT2D eigenvalue weighted by Crippen LogP contribution is -2.51. The SMILES string of the molecule is CC1(C(=O)O)CCCN1C(=O)c1cc(F)c(F)c(F)c1F. The van der Waals surface area contributed by atoms with Crippen LogP contribution in [0.1, 0.15) is 30.1 Å². The van der Waals surface area contributed by atoms with Gasteiger partial charge in [-0.1, -0.05) is 0 Å². The van der Waals surface area contributed by atoms with Gasteiger partial charge in [0.2, 0.25) is 0 Å². The van der Waals surface area contributed by atoms with Crippen molar-refractivity contribution in [2.75, 3.05) is 6.54 Å². The molecule has 1 aromatic carbocycles. The van der Waals surface area contributed by atoms with Crippen molar-refractivity contribution in [1.29, 1.82) is 0 Å². The summed E-state index contributed by atoms with van der Waals surface area (Å²) in [4.78, 5) is 24.2. The predicted molar refractivity (Wildman–Crippen MR) is 62.6 cm³/mol. The summed E-state index contributed by atoms with van der Waals surface area (Å²) in [5, 5.41) is 9.17. The molecule has 0 spiro atoms. The molecular formula is C13H11F4NO3. The van der Waals surface area contributed by atoms with Gasteiger partial charge in [0.15, 0.2) is 23.3 Å². The highest BCUT2D eigenvalue weighted by molar-refractivity contribution is 5.98. The summed E-state index contributed by atoms with van der Waals surface area (Å²) in [5.74, 6) is -10.2. The summed E-state index contributed by atoms with van der Waals surface area (Å²) in [7, 11) is 0. The van der Waals surface area contributed by atoms with Crippen molar-refractivity contribution in [3.8, 4) is 0 Å². The molecule has 1 unspecified atom stereocenters. The summed E-state index contributed by atoms with van der Waals surface area (Å²) >= 11 is 0. The van der Waals surface area contributed by atoms with Crippen LogP contribution in [0.4, 0.5) is 17.6 Å². The van der Waals surface area contributed by atoms with Gasteiger partial charge in [-0.05, 0) is 25.8 Å². The maximum atomic E-state index is 13.6. The predicted octanol–water partition coefficient (Wildman–Crippen LogP) is 2.32. The van der Waals surface area contributed by atoms with E-state index < -0.39 is 46.2 Å². The third-order valence-corrected chi connectivity index (χ3v) is 3.68. The smallest absolute Gasteiger partial charge is 0.329 e. The van der Waals surface area contributed by atoms with E-state index in [-0.39, 0.29) is 19.0 Å². The maximum absolute atomic E-state index is 13.6. The van der Waals surface area contributed by atoms with Gasteiger partial charge in [0.25, 0.3) is 5.91 Å². The first kappa shape index (κ1) is 15.3. The number of hydrogen-bond donors (Lipinski definition) is 1. The molecule has 0 aromatic heterocycles. The number of carbonyl (C=O) groups excluding carboxylic acids is 1. The Morgan fingerprint density at radius 1 is 1.19 bits per heavy atom. The van der Waals surface area contributed by atoms with Crippen molar-refractivity contribution in [1.82, 2.24) is 4.90 Å². The zero-order chi connectivity index (χ0) is 15.9. The van der Waals surface area contributed by atoms with Crippen LogP contribution in [0, 0.1) is 23.3 Å². The van der Waals surface area contributed by atoms with Crippen LogP contribution in [0.15, 0.2) is 6.07 Å². The molecule has 1 aromatic rings. The van der Waals surface area contributed by atoms with E-state index in [9.17, 15) is 27.2 Å². The lowest BCUT2D eigenvalue weighted by Gasteiger charge is -2.31. The minimum absolute atomic E-state index is 0.00167. The van der Waals surface area contributed by atoms with E-state index in [4.69, 9.17) is 5.11 Å². The second-order valence-corrected chi connectivity index (χ2v) is 4.99. The van der Waals surface area contributed by atoms with Crippen LogP contribution in [0.2, 0.25) is 0 Å². The van der Waals surface area contributed by atoms with Gasteiger partial charge in [-0.25, -0.2) is 22.4 Å². The first-order valence-corrected chi connectivity index (χ1v) is 6.08. The summed E-state index contributed by atoms with van der Waals surface area (Å²) in [5.41, 5.74) is -2.62. The van der Waals surface area contributed by atoms with Crippen molar-refractivity contribution in [2.45, 2.75) is 25.3 Å². The molecule has 0 saturated carbocycles. The van der Waals surface area contributed by atoms with Crippen LogP contribution in [-0.4, -0.2) is 34.0 Å². The van der Waals surface area contributed by atoms with Gasteiger partial charge >= 0.3 is 5.97 Å². The van der Waals surface area contributed by atoms with E-state index in [1.54, 1.807) is 0 Å². The molecule has 1 N–H and O–H groups in total. The average Bonchev–Trinajstić information content (AvgIpc) is 2.83. The lowest BCUT2D eigenvalue weighted by molar-refractivity contribution is -0.147. The third kappa shape index (κ3) is 2.24. The zero-order valence-electron chi connectivity index (χ0n) is 10.9. The molecule has 0 bridgehead atoms. The Kier molecular flexibility index (Phi) is 3.65. The summed E-state index contributed by atoms with van der Waals surface area (Å²) in [6, 6.07) is 0.233. The number of halogens is 4. The average molecular weight is 305 g/mol. The maximum Gasteiger partial charge on any atom is 0.329 e. The monoisotopic (exact) mass is 305 g/mol. The highest BCUT2D eigenvalue weighted by Gasteiger charge is 2.46. The molecule has 1 atom stereocenters. The number of likely N-dealkylation sites (tertiary alicyclic amines) is 1. The van der Waals surface area contributed by atoms with E-state index in [0.717, 1.165) is 4.90 Å². The van der Waals surface area contributed by atoms with Gasteiger partial charge in [-0.3, -0.25) is 4.79 Å². The molecule has 1 aliphatic rings. The molecule has 1 heterocycles. The second kappa shape index (κ2) is 5.01. The number of rotatable bonds is 2. The van der Waals surface area contributed by atoms with Crippen LogP contribution >= 0.6 is 0 Å². The van der Waals surface area contributed by atoms with Crippen LogP contribution in [0.3, 0.4) is 0 Å². The number of carboxylic acid groups (broad SMARTS) is 1. The standard InChI is InChI=1S/C13H11F4NO3/c1-13(12(20)21)3-2-4-18(13)11(19)6-5-7(14)9(16)10(17)8(6)15/h5H,2-4H2,1H3,(H,20,21). The molecule has 1 aliphatic heterocycles. The number of carbonyl (C=O) groups is 2. The van der Waals surface area contributed by atoms with E-state index >= 15 is 0 Å². The molecule has 0 radical (unpaired) electrons. The molecular weight excluding hydrogens is 294 g/mol. The fourth-order valence-electron chi connectivity index (χ4n) is 2.39. The third-order valence-electron chi connectivity index (χ3n) is 3.68. The Labute approximate surface area is 117 Å². The molecule has 4 nitrogen and oxygen atoms in total. The van der Waals surface area contributed by atoms with Crippen LogP contribution in [-0.2, 0) is 4.79 Å². The summed E-state index contributed by atoms with van der Waals surface area (Å²) in [6.07, 6.45) is 0.476. The second-order valence-electron chi connectivity index (χ2n) is 4.99. The van der Waals surface area contributed by atoms with Gasteiger partial charge in [0.1, 0.15) is 5.54 Å². The van der Waals surface area contributed by atoms with Crippen molar-refractivity contribution in [3.05, 3.63) is 34.9 Å². The topological polar surface area (TPSA) is 57.6 Å². The molecule has 1 saturated heterocycles. The Morgan fingerprint density at radius 3 is 2.38 bits per heavy atom. The van der Waals surface area contributed by atoms with Crippen molar-refractivity contribution in [3.63, 3.8) is 0 Å². The van der Waals surface area contributed by atoms with Crippen molar-refractivity contribution < 1.29 is 32.3 Å². The van der Waals surface area contributed by atoms with Crippen molar-refractivity contribution >= 4 is 11.9 Å². The number of benzene rings is 1. The van der Waals surface area contributed by atoms with Gasteiger partial charge < -0.3 is 10.0 Å².